The minimum atomic E-state index is -3.37. The average Bonchev–Trinajstić information content (AvgIpc) is 0.826. The first-order valence-corrected chi connectivity index (χ1v) is 65.7. The van der Waals surface area contributed by atoms with Gasteiger partial charge in [0.2, 0.25) is 0 Å². The summed E-state index contributed by atoms with van der Waals surface area (Å²) in [7, 11) is -32.6. The van der Waals surface area contributed by atoms with Crippen molar-refractivity contribution in [3.8, 4) is 0 Å². The van der Waals surface area contributed by atoms with Gasteiger partial charge in [-0.05, 0) is 257 Å². The van der Waals surface area contributed by atoms with Crippen LogP contribution in [0.1, 0.15) is 51.4 Å². The van der Waals surface area contributed by atoms with Gasteiger partial charge in [0, 0.05) is 105 Å². The molecule has 0 rings (SSSR count). The number of nitrogens with two attached hydrogens (primary N) is 8. The summed E-state index contributed by atoms with van der Waals surface area (Å²) in [6, 6.07) is 5.82. The lowest BCUT2D eigenvalue weighted by molar-refractivity contribution is 0.237. The third kappa shape index (κ3) is 49.6. The van der Waals surface area contributed by atoms with Crippen molar-refractivity contribution in [1.82, 2.24) is 42.5 Å². The van der Waals surface area contributed by atoms with Gasteiger partial charge >= 0.3 is 77.0 Å². The second-order valence-electron chi connectivity index (χ2n) is 28.9. The second-order valence-corrected chi connectivity index (χ2v) is 70.4. The summed E-state index contributed by atoms with van der Waals surface area (Å²) in [5.41, 5.74) is 48.0. The molecule has 24 N–H and O–H groups in total. The normalized spacial score (nSPS) is 18.1. The standard InChI is InChI=1S/C56H152N16O10Si11/c1-83(2,3)73-85(7,8)75-87(10,50-18-34-66-42-26-58)77-89(12,52-20-36-68-44-28-60)79-91(14,54-22-38-70-46-30-62)81-93(16,56-24-40-72-48-32-64)82-92(15,55-23-39-71-47-31-63)80-90(13,53-21-37-69-45-29-61)78-88(11,51-19-35-67-43-27-59)76-86(9,74-84(4,5)6)49-17-33-65-41-25-57/h65-72H,17-64H2,1-16H3. The lowest BCUT2D eigenvalue weighted by atomic mass is 10.5. The summed E-state index contributed by atoms with van der Waals surface area (Å²) in [5.74, 6) is 0. The summed E-state index contributed by atoms with van der Waals surface area (Å²) >= 11 is 0. The first-order valence-electron chi connectivity index (χ1n) is 35.8. The van der Waals surface area contributed by atoms with Crippen molar-refractivity contribution >= 4 is 93.7 Å². The van der Waals surface area contributed by atoms with Crippen molar-refractivity contribution < 1.29 is 41.2 Å². The molecule has 0 amide bonds. The maximum atomic E-state index is 8.16. The smallest absolute Gasteiger partial charge is 0.317 e. The molecule has 0 aliphatic carbocycles. The molecule has 0 fully saturated rings. The number of hydrogen-bond donors (Lipinski definition) is 16. The number of rotatable bonds is 68. The highest BCUT2D eigenvalue weighted by molar-refractivity contribution is 6.94. The minimum Gasteiger partial charge on any atom is -0.437 e. The second kappa shape index (κ2) is 50.7. The Labute approximate surface area is 581 Å². The third-order valence-electron chi connectivity index (χ3n) is 15.0. The zero-order valence-corrected chi connectivity index (χ0v) is 73.5. The quantitative estimate of drug-likeness (QED) is 0.0305. The van der Waals surface area contributed by atoms with Crippen LogP contribution < -0.4 is 88.4 Å². The molecule has 0 saturated heterocycles. The lowest BCUT2D eigenvalue weighted by Gasteiger charge is -2.49. The van der Waals surface area contributed by atoms with E-state index in [1.807, 2.05) is 0 Å². The summed E-state index contributed by atoms with van der Waals surface area (Å²) in [5, 5.41) is 28.5. The Kier molecular flexibility index (Phi) is 51.4. The predicted molar refractivity (Wildman–Crippen MR) is 419 cm³/mol. The van der Waals surface area contributed by atoms with Crippen LogP contribution in [0.15, 0.2) is 0 Å². The molecule has 0 spiro atoms. The highest BCUT2D eigenvalue weighted by Gasteiger charge is 2.57. The zero-order chi connectivity index (χ0) is 70.5. The Morgan fingerprint density at radius 1 is 0.183 bits per heavy atom. The van der Waals surface area contributed by atoms with Crippen molar-refractivity contribution in [2.75, 3.05) is 157 Å². The summed E-state index contributed by atoms with van der Waals surface area (Å²) < 4.78 is 77.8. The minimum absolute atomic E-state index is 0.541. The van der Waals surface area contributed by atoms with Gasteiger partial charge in [0.1, 0.15) is 0 Å². The van der Waals surface area contributed by atoms with Crippen molar-refractivity contribution in [2.24, 2.45) is 45.9 Å². The van der Waals surface area contributed by atoms with E-state index >= 15 is 0 Å². The van der Waals surface area contributed by atoms with E-state index in [1.54, 1.807) is 0 Å². The SMILES string of the molecule is C[Si](C)(C)O[Si](C)(C)O[Si](C)(CCCNCCN)O[Si](C)(CCCNCCN)O[Si](C)(CCCNCCN)O[Si](C)(CCCNCCN)O[Si](C)(CCCNCCN)O[Si](C)(CCCNCCN)O[Si](C)(CCCNCCN)O[Si](C)(CCCNCCN)O[Si](C)(C)C. The van der Waals surface area contributed by atoms with E-state index in [9.17, 15) is 0 Å². The zero-order valence-electron chi connectivity index (χ0n) is 62.5. The highest BCUT2D eigenvalue weighted by atomic mass is 28.5. The molecule has 0 aromatic carbocycles. The van der Waals surface area contributed by atoms with Crippen molar-refractivity contribution in [3.05, 3.63) is 0 Å². The first-order chi connectivity index (χ1) is 43.6. The molecule has 0 aliphatic rings. The van der Waals surface area contributed by atoms with Crippen LogP contribution in [-0.4, -0.2) is 251 Å². The molecule has 37 heteroatoms. The van der Waals surface area contributed by atoms with Crippen LogP contribution in [0.2, 0.25) is 153 Å². The average molecular weight is 1520 g/mol. The van der Waals surface area contributed by atoms with E-state index in [0.717, 1.165) is 161 Å². The Balaban J connectivity index is 8.71. The largest absolute Gasteiger partial charge is 0.437 e. The molecule has 0 saturated carbocycles. The summed E-state index contributed by atoms with van der Waals surface area (Å²) in [6.07, 6.45) is 6.68. The molecule has 0 aromatic heterocycles. The van der Waals surface area contributed by atoms with E-state index in [-0.39, 0.29) is 0 Å². The molecule has 8 unspecified atom stereocenters. The molecule has 8 atom stereocenters. The van der Waals surface area contributed by atoms with E-state index in [2.05, 4.69) is 147 Å². The fourth-order valence-corrected chi connectivity index (χ4v) is 71.0. The molecule has 93 heavy (non-hydrogen) atoms. The number of nitrogens with one attached hydrogen (secondary N) is 8. The molecule has 0 radical (unpaired) electrons. The van der Waals surface area contributed by atoms with E-state index in [1.165, 1.54) is 0 Å². The molecular formula is C56H152N16O10Si11. The Morgan fingerprint density at radius 3 is 0.462 bits per heavy atom. The number of hydrogen-bond acceptors (Lipinski definition) is 26. The van der Waals surface area contributed by atoms with Crippen LogP contribution >= 0.6 is 0 Å². The molecule has 0 aromatic rings. The Morgan fingerprint density at radius 2 is 0.323 bits per heavy atom. The van der Waals surface area contributed by atoms with Crippen LogP contribution in [0.5, 0.6) is 0 Å². The van der Waals surface area contributed by atoms with E-state index in [0.29, 0.717) is 96.2 Å². The van der Waals surface area contributed by atoms with Gasteiger partial charge in [-0.25, -0.2) is 0 Å². The monoisotopic (exact) mass is 1520 g/mol. The maximum Gasteiger partial charge on any atom is 0.317 e. The van der Waals surface area contributed by atoms with Gasteiger partial charge in [0.15, 0.2) is 16.6 Å². The first kappa shape index (κ1) is 94.3. The van der Waals surface area contributed by atoms with Gasteiger partial charge < -0.3 is 130 Å². The van der Waals surface area contributed by atoms with Crippen LogP contribution in [0.25, 0.3) is 0 Å². The summed E-state index contributed by atoms with van der Waals surface area (Å²) in [4.78, 5) is 0. The van der Waals surface area contributed by atoms with Gasteiger partial charge in [-0.2, -0.15) is 0 Å². The predicted octanol–water partition coefficient (Wildman–Crippen LogP) is 3.61. The van der Waals surface area contributed by atoms with Crippen LogP contribution in [0, 0.1) is 0 Å². The van der Waals surface area contributed by atoms with Crippen LogP contribution in [-0.2, 0) is 41.2 Å². The molecule has 26 nitrogen and oxygen atoms in total. The summed E-state index contributed by atoms with van der Waals surface area (Å²) in [6.45, 7) is 52.4. The topological polar surface area (TPSA) is 397 Å². The fraction of sp³-hybridized carbons (Fsp3) is 1.00. The van der Waals surface area contributed by atoms with Gasteiger partial charge in [0.05, 0.1) is 0 Å². The fourth-order valence-electron chi connectivity index (χ4n) is 12.2. The van der Waals surface area contributed by atoms with Crippen LogP contribution in [0.3, 0.4) is 0 Å². The molecular weight excluding hydrogens is 1370 g/mol. The van der Waals surface area contributed by atoms with Crippen LogP contribution in [0.4, 0.5) is 0 Å². The highest BCUT2D eigenvalue weighted by Crippen LogP contribution is 2.39. The van der Waals surface area contributed by atoms with Crippen molar-refractivity contribution in [1.29, 1.82) is 0 Å². The third-order valence-corrected chi connectivity index (χ3v) is 61.6. The lowest BCUT2D eigenvalue weighted by Crippen LogP contribution is -2.65. The van der Waals surface area contributed by atoms with Gasteiger partial charge in [-0.15, -0.1) is 0 Å². The van der Waals surface area contributed by atoms with Gasteiger partial charge in [-0.3, -0.25) is 0 Å². The van der Waals surface area contributed by atoms with E-state index < -0.39 is 93.7 Å². The Bertz CT molecular complexity index is 1850. The molecule has 0 bridgehead atoms. The maximum absolute atomic E-state index is 8.16. The van der Waals surface area contributed by atoms with Crippen molar-refractivity contribution in [2.45, 2.75) is 204 Å². The Hall–Kier alpha value is 1.35. The molecule has 0 aliphatic heterocycles. The molecule has 0 heterocycles. The van der Waals surface area contributed by atoms with E-state index in [4.69, 9.17) is 87.0 Å². The molecule has 560 valence electrons. The van der Waals surface area contributed by atoms with Gasteiger partial charge in [0.25, 0.3) is 0 Å². The van der Waals surface area contributed by atoms with Gasteiger partial charge in [-0.1, -0.05) is 0 Å². The van der Waals surface area contributed by atoms with Crippen molar-refractivity contribution in [3.63, 3.8) is 0 Å².